The first-order valence-corrected chi connectivity index (χ1v) is 4.12. The van der Waals surface area contributed by atoms with Crippen LogP contribution in [0.15, 0.2) is 12.7 Å². The summed E-state index contributed by atoms with van der Waals surface area (Å²) in [6, 6.07) is 0. The smallest absolute Gasteiger partial charge is 0.348 e. The lowest BCUT2D eigenvalue weighted by atomic mass is 10.3. The average Bonchev–Trinajstić information content (AvgIpc) is 2.16. The Balaban J connectivity index is 3.65. The molecule has 0 saturated carbocycles. The van der Waals surface area contributed by atoms with E-state index in [9.17, 15) is 13.6 Å². The summed E-state index contributed by atoms with van der Waals surface area (Å²) < 4.78 is 30.0. The zero-order valence-electron chi connectivity index (χ0n) is 7.76. The number of hydrogen-bond donors (Lipinski definition) is 2. The van der Waals surface area contributed by atoms with Crippen molar-refractivity contribution in [2.45, 2.75) is 18.8 Å². The van der Waals surface area contributed by atoms with Gasteiger partial charge in [-0.25, -0.2) is 5.84 Å². The van der Waals surface area contributed by atoms with Gasteiger partial charge in [-0.1, -0.05) is 6.08 Å². The molecule has 0 aliphatic heterocycles. The van der Waals surface area contributed by atoms with E-state index in [4.69, 9.17) is 0 Å². The summed E-state index contributed by atoms with van der Waals surface area (Å²) in [7, 11) is 0. The molecule has 0 aromatic carbocycles. The summed E-state index contributed by atoms with van der Waals surface area (Å²) in [5, 5.41) is 0. The van der Waals surface area contributed by atoms with Gasteiger partial charge in [-0.3, -0.25) is 10.2 Å². The summed E-state index contributed by atoms with van der Waals surface area (Å²) in [5.41, 5.74) is 1.37. The minimum Gasteiger partial charge on any atom is -0.375 e. The van der Waals surface area contributed by atoms with Crippen molar-refractivity contribution < 1.29 is 18.3 Å². The van der Waals surface area contributed by atoms with Crippen LogP contribution < -0.4 is 11.3 Å². The Hall–Kier alpha value is -1.01. The molecule has 1 amide bonds. The van der Waals surface area contributed by atoms with Crippen molar-refractivity contribution in [3.05, 3.63) is 12.7 Å². The highest BCUT2D eigenvalue weighted by atomic mass is 19.3. The van der Waals surface area contributed by atoms with Crippen molar-refractivity contribution in [2.24, 2.45) is 5.84 Å². The van der Waals surface area contributed by atoms with E-state index in [0.29, 0.717) is 12.8 Å². The van der Waals surface area contributed by atoms with Crippen molar-refractivity contribution >= 4 is 5.91 Å². The van der Waals surface area contributed by atoms with E-state index in [2.05, 4.69) is 17.2 Å². The summed E-state index contributed by atoms with van der Waals surface area (Å²) in [6.07, 6.45) is 2.95. The quantitative estimate of drug-likeness (QED) is 0.212. The number of carbonyl (C=O) groups is 1. The van der Waals surface area contributed by atoms with Crippen LogP contribution in [0.4, 0.5) is 8.78 Å². The maximum Gasteiger partial charge on any atom is 0.348 e. The van der Waals surface area contributed by atoms with E-state index in [0.717, 1.165) is 0 Å². The number of alkyl halides is 2. The molecular weight excluding hydrogens is 194 g/mol. The van der Waals surface area contributed by atoms with Crippen molar-refractivity contribution in [1.82, 2.24) is 5.43 Å². The van der Waals surface area contributed by atoms with Crippen LogP contribution in [0.5, 0.6) is 0 Å². The molecule has 3 N–H and O–H groups in total. The number of hydrazine groups is 1. The maximum atomic E-state index is 12.7. The molecule has 4 nitrogen and oxygen atoms in total. The molecule has 0 aliphatic rings. The summed E-state index contributed by atoms with van der Waals surface area (Å²) >= 11 is 0. The zero-order chi connectivity index (χ0) is 11.0. The minimum absolute atomic E-state index is 0.166. The number of unbranched alkanes of at least 4 members (excludes halogenated alkanes) is 1. The SMILES string of the molecule is C=CCCCOCC(F)(F)C(=O)NN. The van der Waals surface area contributed by atoms with E-state index >= 15 is 0 Å². The highest BCUT2D eigenvalue weighted by molar-refractivity contribution is 5.82. The average molecular weight is 208 g/mol. The Kier molecular flexibility index (Phi) is 5.98. The third-order valence-corrected chi connectivity index (χ3v) is 1.44. The molecule has 14 heavy (non-hydrogen) atoms. The van der Waals surface area contributed by atoms with Crippen LogP contribution in [0.3, 0.4) is 0 Å². The maximum absolute atomic E-state index is 12.7. The molecule has 0 aliphatic carbocycles. The number of nitrogens with two attached hydrogens (primary N) is 1. The van der Waals surface area contributed by atoms with Gasteiger partial charge < -0.3 is 4.74 Å². The van der Waals surface area contributed by atoms with Gasteiger partial charge in [0.05, 0.1) is 0 Å². The number of rotatable bonds is 7. The second-order valence-corrected chi connectivity index (χ2v) is 2.66. The van der Waals surface area contributed by atoms with E-state index < -0.39 is 18.4 Å². The third kappa shape index (κ3) is 4.88. The monoisotopic (exact) mass is 208 g/mol. The normalized spacial score (nSPS) is 11.1. The second-order valence-electron chi connectivity index (χ2n) is 2.66. The molecule has 6 heteroatoms. The van der Waals surface area contributed by atoms with Crippen LogP contribution in [0.2, 0.25) is 0 Å². The lowest BCUT2D eigenvalue weighted by Crippen LogP contribution is -2.46. The van der Waals surface area contributed by atoms with Crippen LogP contribution in [0.1, 0.15) is 12.8 Å². The predicted molar refractivity (Wildman–Crippen MR) is 47.5 cm³/mol. The van der Waals surface area contributed by atoms with Gasteiger partial charge in [0.25, 0.3) is 0 Å². The lowest BCUT2D eigenvalue weighted by Gasteiger charge is -2.13. The molecular formula is C8H14F2N2O2. The second kappa shape index (κ2) is 6.44. The van der Waals surface area contributed by atoms with E-state index in [1.54, 1.807) is 6.08 Å². The van der Waals surface area contributed by atoms with Gasteiger partial charge in [-0.2, -0.15) is 8.78 Å². The molecule has 0 aromatic rings. The van der Waals surface area contributed by atoms with Crippen molar-refractivity contribution in [3.8, 4) is 0 Å². The first-order chi connectivity index (χ1) is 6.54. The summed E-state index contributed by atoms with van der Waals surface area (Å²) in [4.78, 5) is 10.5. The van der Waals surface area contributed by atoms with Crippen LogP contribution >= 0.6 is 0 Å². The molecule has 0 atom stereocenters. The van der Waals surface area contributed by atoms with Crippen LogP contribution in [0, 0.1) is 0 Å². The number of halogens is 2. The molecule has 0 saturated heterocycles. The van der Waals surface area contributed by atoms with Gasteiger partial charge in [0.1, 0.15) is 6.61 Å². The fourth-order valence-corrected chi connectivity index (χ4v) is 0.701. The topological polar surface area (TPSA) is 64.3 Å². The molecule has 0 fully saturated rings. The number of carbonyl (C=O) groups excluding carboxylic acids is 1. The van der Waals surface area contributed by atoms with Gasteiger partial charge in [0.2, 0.25) is 0 Å². The Bertz CT molecular complexity index is 198. The highest BCUT2D eigenvalue weighted by Crippen LogP contribution is 2.13. The zero-order valence-corrected chi connectivity index (χ0v) is 7.76. The van der Waals surface area contributed by atoms with Crippen LogP contribution in [-0.2, 0) is 9.53 Å². The van der Waals surface area contributed by atoms with Gasteiger partial charge >= 0.3 is 11.8 Å². The number of ether oxygens (including phenoxy) is 1. The number of allylic oxidation sites excluding steroid dienone is 1. The molecule has 0 spiro atoms. The van der Waals surface area contributed by atoms with Crippen molar-refractivity contribution in [1.29, 1.82) is 0 Å². The highest BCUT2D eigenvalue weighted by Gasteiger charge is 2.38. The fraction of sp³-hybridized carbons (Fsp3) is 0.625. The molecule has 82 valence electrons. The third-order valence-electron chi connectivity index (χ3n) is 1.44. The largest absolute Gasteiger partial charge is 0.375 e. The van der Waals surface area contributed by atoms with Crippen LogP contribution in [-0.4, -0.2) is 25.0 Å². The molecule has 0 rings (SSSR count). The van der Waals surface area contributed by atoms with Gasteiger partial charge in [-0.05, 0) is 12.8 Å². The number of amides is 1. The van der Waals surface area contributed by atoms with E-state index in [1.165, 1.54) is 5.43 Å². The van der Waals surface area contributed by atoms with E-state index in [-0.39, 0.29) is 6.61 Å². The Morgan fingerprint density at radius 2 is 2.29 bits per heavy atom. The van der Waals surface area contributed by atoms with Gasteiger partial charge in [0, 0.05) is 6.61 Å². The molecule has 0 unspecified atom stereocenters. The Morgan fingerprint density at radius 1 is 1.64 bits per heavy atom. The number of hydrogen-bond acceptors (Lipinski definition) is 3. The molecule has 0 heterocycles. The fourth-order valence-electron chi connectivity index (χ4n) is 0.701. The first kappa shape index (κ1) is 13.0. The Morgan fingerprint density at radius 3 is 2.79 bits per heavy atom. The van der Waals surface area contributed by atoms with E-state index in [1.807, 2.05) is 0 Å². The standard InChI is InChI=1S/C8H14F2N2O2/c1-2-3-4-5-14-6-8(9,10)7(13)12-11/h2H,1,3-6,11H2,(H,12,13). The predicted octanol–water partition coefficient (Wildman–Crippen LogP) is 0.594. The van der Waals surface area contributed by atoms with Gasteiger partial charge in [0.15, 0.2) is 0 Å². The molecule has 0 bridgehead atoms. The van der Waals surface area contributed by atoms with Crippen molar-refractivity contribution in [2.75, 3.05) is 13.2 Å². The lowest BCUT2D eigenvalue weighted by molar-refractivity contribution is -0.154. The summed E-state index contributed by atoms with van der Waals surface area (Å²) in [6.45, 7) is 2.68. The van der Waals surface area contributed by atoms with Gasteiger partial charge in [-0.15, -0.1) is 6.58 Å². The number of nitrogens with one attached hydrogen (secondary N) is 1. The minimum atomic E-state index is -3.57. The Labute approximate surface area is 81.1 Å². The molecule has 0 aromatic heterocycles. The van der Waals surface area contributed by atoms with Crippen LogP contribution in [0.25, 0.3) is 0 Å². The first-order valence-electron chi connectivity index (χ1n) is 4.12. The van der Waals surface area contributed by atoms with Crippen molar-refractivity contribution in [3.63, 3.8) is 0 Å². The summed E-state index contributed by atoms with van der Waals surface area (Å²) in [5.74, 6) is -0.545. The molecule has 0 radical (unpaired) electrons.